The van der Waals surface area contributed by atoms with Gasteiger partial charge in [-0.25, -0.2) is 0 Å². The van der Waals surface area contributed by atoms with E-state index in [9.17, 15) is 24.8 Å². The van der Waals surface area contributed by atoms with Crippen LogP contribution in [-0.2, 0) is 9.53 Å². The number of hydrogen-bond donors (Lipinski definition) is 4. The maximum Gasteiger partial charge on any atom is 0.256 e. The number of carbonyl (C=O) groups is 3. The SMILES string of the molecule is CCN(CC)CC(O)CNC(=O)c1c(C)[nH]c(C=C2C(=O)Nc3ccc(C(=O)N4CCOCC4)cc32)c1-c1ccc(C#N)cc1. The van der Waals surface area contributed by atoms with Crippen LogP contribution < -0.4 is 10.6 Å². The van der Waals surface area contributed by atoms with E-state index in [-0.39, 0.29) is 24.3 Å². The molecule has 0 spiro atoms. The molecule has 1 unspecified atom stereocenters. The lowest BCUT2D eigenvalue weighted by Gasteiger charge is -2.27. The van der Waals surface area contributed by atoms with Crippen molar-refractivity contribution in [1.82, 2.24) is 20.1 Å². The predicted octanol–water partition coefficient (Wildman–Crippen LogP) is 3.26. The van der Waals surface area contributed by atoms with E-state index >= 15 is 0 Å². The Morgan fingerprint density at radius 2 is 1.87 bits per heavy atom. The number of rotatable bonds is 10. The van der Waals surface area contributed by atoms with Crippen molar-refractivity contribution in [2.45, 2.75) is 26.9 Å². The molecule has 0 saturated carbocycles. The Hall–Kier alpha value is -4.76. The first kappa shape index (κ1) is 31.7. The number of nitrogens with one attached hydrogen (secondary N) is 3. The number of hydrogen-bond acceptors (Lipinski definition) is 7. The number of amides is 3. The number of aromatic amines is 1. The molecule has 2 aliphatic heterocycles. The van der Waals surface area contributed by atoms with E-state index < -0.39 is 6.10 Å². The summed E-state index contributed by atoms with van der Waals surface area (Å²) in [5.41, 5.74) is 5.16. The number of ether oxygens (including phenoxy) is 1. The maximum absolute atomic E-state index is 13.6. The molecular formula is C34H38N6O5. The summed E-state index contributed by atoms with van der Waals surface area (Å²) >= 11 is 0. The summed E-state index contributed by atoms with van der Waals surface area (Å²) in [4.78, 5) is 47.2. The van der Waals surface area contributed by atoms with Crippen LogP contribution in [0.1, 0.15) is 57.1 Å². The minimum Gasteiger partial charge on any atom is -0.390 e. The van der Waals surface area contributed by atoms with Gasteiger partial charge in [-0.2, -0.15) is 5.26 Å². The van der Waals surface area contributed by atoms with E-state index in [0.29, 0.717) is 88.9 Å². The number of aliphatic hydroxyl groups is 1. The molecule has 5 rings (SSSR count). The van der Waals surface area contributed by atoms with E-state index in [1.165, 1.54) is 0 Å². The van der Waals surface area contributed by atoms with Gasteiger partial charge in [0, 0.05) is 59.9 Å². The zero-order valence-electron chi connectivity index (χ0n) is 25.8. The van der Waals surface area contributed by atoms with E-state index in [0.717, 1.165) is 13.1 Å². The molecular weight excluding hydrogens is 572 g/mol. The van der Waals surface area contributed by atoms with Crippen molar-refractivity contribution in [3.05, 3.63) is 76.1 Å². The topological polar surface area (TPSA) is 151 Å². The number of nitriles is 1. The molecule has 3 aromatic rings. The van der Waals surface area contributed by atoms with Gasteiger partial charge in [-0.05, 0) is 62.0 Å². The van der Waals surface area contributed by atoms with Crippen LogP contribution >= 0.6 is 0 Å². The van der Waals surface area contributed by atoms with Crippen molar-refractivity contribution in [2.24, 2.45) is 0 Å². The molecule has 0 radical (unpaired) electrons. The largest absolute Gasteiger partial charge is 0.390 e. The molecule has 45 heavy (non-hydrogen) atoms. The fraction of sp³-hybridized carbons (Fsp3) is 0.353. The molecule has 11 nitrogen and oxygen atoms in total. The first-order valence-corrected chi connectivity index (χ1v) is 15.2. The van der Waals surface area contributed by atoms with Crippen LogP contribution in [0.15, 0.2) is 42.5 Å². The Kier molecular flexibility index (Phi) is 9.78. The fourth-order valence-corrected chi connectivity index (χ4v) is 5.75. The lowest BCUT2D eigenvalue weighted by molar-refractivity contribution is -0.110. The van der Waals surface area contributed by atoms with Crippen LogP contribution in [0.25, 0.3) is 22.8 Å². The molecule has 1 saturated heterocycles. The molecule has 2 aromatic carbocycles. The molecule has 1 fully saturated rings. The van der Waals surface area contributed by atoms with Crippen LogP contribution in [-0.4, -0.2) is 96.2 Å². The Labute approximate surface area is 262 Å². The minimum absolute atomic E-state index is 0.0684. The normalized spacial score (nSPS) is 16.0. The van der Waals surface area contributed by atoms with Gasteiger partial charge in [-0.15, -0.1) is 0 Å². The molecule has 0 aliphatic carbocycles. The number of fused-ring (bicyclic) bond motifs is 1. The Morgan fingerprint density at radius 1 is 1.16 bits per heavy atom. The van der Waals surface area contributed by atoms with Gasteiger partial charge in [0.05, 0.1) is 42.1 Å². The highest BCUT2D eigenvalue weighted by Gasteiger charge is 2.29. The quantitative estimate of drug-likeness (QED) is 0.257. The summed E-state index contributed by atoms with van der Waals surface area (Å²) in [5.74, 6) is -0.832. The first-order chi connectivity index (χ1) is 21.7. The van der Waals surface area contributed by atoms with Gasteiger partial charge in [0.2, 0.25) is 0 Å². The Bertz CT molecular complexity index is 1660. The second kappa shape index (κ2) is 13.9. The van der Waals surface area contributed by atoms with Gasteiger partial charge in [-0.1, -0.05) is 26.0 Å². The highest BCUT2D eigenvalue weighted by molar-refractivity contribution is 6.35. The average Bonchev–Trinajstić information content (AvgIpc) is 3.56. The average molecular weight is 611 g/mol. The zero-order chi connectivity index (χ0) is 32.1. The molecule has 11 heteroatoms. The lowest BCUT2D eigenvalue weighted by Crippen LogP contribution is -2.40. The van der Waals surface area contributed by atoms with Crippen molar-refractivity contribution < 1.29 is 24.2 Å². The molecule has 0 bridgehead atoms. The zero-order valence-corrected chi connectivity index (χ0v) is 25.8. The number of aliphatic hydroxyl groups excluding tert-OH is 1. The van der Waals surface area contributed by atoms with Crippen molar-refractivity contribution in [1.29, 1.82) is 5.26 Å². The van der Waals surface area contributed by atoms with Crippen LogP contribution in [0.3, 0.4) is 0 Å². The van der Waals surface area contributed by atoms with E-state index in [2.05, 4.69) is 26.6 Å². The summed E-state index contributed by atoms with van der Waals surface area (Å²) in [6.07, 6.45) is 0.942. The summed E-state index contributed by atoms with van der Waals surface area (Å²) in [5, 5.41) is 25.7. The second-order valence-electron chi connectivity index (χ2n) is 11.1. The number of aryl methyl sites for hydroxylation is 1. The minimum atomic E-state index is -0.749. The predicted molar refractivity (Wildman–Crippen MR) is 171 cm³/mol. The molecule has 1 aromatic heterocycles. The number of anilines is 1. The number of aromatic nitrogens is 1. The monoisotopic (exact) mass is 610 g/mol. The van der Waals surface area contributed by atoms with Crippen molar-refractivity contribution in [2.75, 3.05) is 57.8 Å². The molecule has 2 aliphatic rings. The van der Waals surface area contributed by atoms with Crippen molar-refractivity contribution in [3.8, 4) is 17.2 Å². The summed E-state index contributed by atoms with van der Waals surface area (Å²) in [6, 6.07) is 14.1. The number of carbonyl (C=O) groups excluding carboxylic acids is 3. The van der Waals surface area contributed by atoms with Crippen molar-refractivity contribution in [3.63, 3.8) is 0 Å². The van der Waals surface area contributed by atoms with Crippen LogP contribution in [0.5, 0.6) is 0 Å². The number of nitrogens with zero attached hydrogens (tertiary/aromatic N) is 3. The number of morpholine rings is 1. The van der Waals surface area contributed by atoms with E-state index in [1.54, 1.807) is 60.4 Å². The summed E-state index contributed by atoms with van der Waals surface area (Å²) in [7, 11) is 0. The third-order valence-corrected chi connectivity index (χ3v) is 8.24. The third-order valence-electron chi connectivity index (χ3n) is 8.24. The molecule has 3 amide bonds. The van der Waals surface area contributed by atoms with Gasteiger partial charge in [0.15, 0.2) is 0 Å². The second-order valence-corrected chi connectivity index (χ2v) is 11.1. The Morgan fingerprint density at radius 3 is 2.53 bits per heavy atom. The number of likely N-dealkylation sites (N-methyl/N-ethyl adjacent to an activating group) is 1. The molecule has 3 heterocycles. The van der Waals surface area contributed by atoms with E-state index in [1.807, 2.05) is 13.8 Å². The van der Waals surface area contributed by atoms with Gasteiger partial charge in [-0.3, -0.25) is 14.4 Å². The van der Waals surface area contributed by atoms with Crippen LogP contribution in [0.2, 0.25) is 0 Å². The Balaban J connectivity index is 1.52. The van der Waals surface area contributed by atoms with Gasteiger partial charge < -0.3 is 35.3 Å². The highest BCUT2D eigenvalue weighted by atomic mass is 16.5. The highest BCUT2D eigenvalue weighted by Crippen LogP contribution is 2.38. The molecule has 234 valence electrons. The van der Waals surface area contributed by atoms with Gasteiger partial charge in [0.25, 0.3) is 17.7 Å². The first-order valence-electron chi connectivity index (χ1n) is 15.2. The van der Waals surface area contributed by atoms with Crippen molar-refractivity contribution >= 4 is 35.1 Å². The maximum atomic E-state index is 13.6. The van der Waals surface area contributed by atoms with Crippen LogP contribution in [0, 0.1) is 18.3 Å². The standard InChI is InChI=1S/C34H38N6O5/c1-4-39(5-2)20-25(41)19-36-33(43)30-21(3)37-29(31(30)23-8-6-22(18-35)7-9-23)17-27-26-16-24(10-11-28(26)38-32(27)42)34(44)40-12-14-45-15-13-40/h6-11,16-17,25,37,41H,4-5,12-15,19-20H2,1-3H3,(H,36,43)(H,38,42). The summed E-state index contributed by atoms with van der Waals surface area (Å²) < 4.78 is 5.38. The molecule has 1 atom stereocenters. The number of benzene rings is 2. The van der Waals surface area contributed by atoms with Gasteiger partial charge in [0.1, 0.15) is 0 Å². The smallest absolute Gasteiger partial charge is 0.256 e. The van der Waals surface area contributed by atoms with Gasteiger partial charge >= 0.3 is 0 Å². The fourth-order valence-electron chi connectivity index (χ4n) is 5.75. The third kappa shape index (κ3) is 6.83. The van der Waals surface area contributed by atoms with Crippen LogP contribution in [0.4, 0.5) is 5.69 Å². The molecule has 4 N–H and O–H groups in total. The summed E-state index contributed by atoms with van der Waals surface area (Å²) in [6.45, 7) is 9.87. The number of H-pyrrole nitrogens is 1. The lowest BCUT2D eigenvalue weighted by atomic mass is 9.96. The van der Waals surface area contributed by atoms with E-state index in [4.69, 9.17) is 4.74 Å².